The Bertz CT molecular complexity index is 1110. The first kappa shape index (κ1) is 20.5. The zero-order valence-corrected chi connectivity index (χ0v) is 16.7. The summed E-state index contributed by atoms with van der Waals surface area (Å²) in [5, 5.41) is 2.69. The Balaban J connectivity index is 1.67. The summed E-state index contributed by atoms with van der Waals surface area (Å²) in [5.41, 5.74) is 2.18. The zero-order valence-electron chi connectivity index (χ0n) is 15.9. The topological polar surface area (TPSA) is 75.3 Å². The highest BCUT2D eigenvalue weighted by molar-refractivity contribution is 7.92. The largest absolute Gasteiger partial charge is 0.352 e. The van der Waals surface area contributed by atoms with Crippen LogP contribution in [0, 0.1) is 12.7 Å². The van der Waals surface area contributed by atoms with E-state index in [9.17, 15) is 17.6 Å². The predicted octanol–water partition coefficient (Wildman–Crippen LogP) is 3.91. The van der Waals surface area contributed by atoms with Crippen LogP contribution >= 0.6 is 0 Å². The van der Waals surface area contributed by atoms with Crippen LogP contribution in [-0.2, 0) is 16.4 Å². The van der Waals surface area contributed by atoms with Crippen LogP contribution in [0.3, 0.4) is 0 Å². The van der Waals surface area contributed by atoms with E-state index in [1.807, 2.05) is 6.92 Å². The minimum Gasteiger partial charge on any atom is -0.352 e. The van der Waals surface area contributed by atoms with E-state index in [0.29, 0.717) is 17.7 Å². The lowest BCUT2D eigenvalue weighted by molar-refractivity contribution is 0.0954. The molecule has 0 saturated carbocycles. The number of aryl methyl sites for hydroxylation is 1. The van der Waals surface area contributed by atoms with Gasteiger partial charge in [-0.15, -0.1) is 0 Å². The van der Waals surface area contributed by atoms with Gasteiger partial charge in [-0.05, 0) is 55.3 Å². The number of hydrogen-bond acceptors (Lipinski definition) is 3. The lowest BCUT2D eigenvalue weighted by Crippen LogP contribution is -2.26. The average Bonchev–Trinajstić information content (AvgIpc) is 2.71. The molecular formula is C22H21FN2O3S. The first-order valence-corrected chi connectivity index (χ1v) is 10.5. The number of hydrogen-bond donors (Lipinski definition) is 2. The summed E-state index contributed by atoms with van der Waals surface area (Å²) in [4.78, 5) is 12.4. The van der Waals surface area contributed by atoms with E-state index < -0.39 is 15.9 Å². The van der Waals surface area contributed by atoms with Crippen LogP contribution < -0.4 is 10.0 Å². The van der Waals surface area contributed by atoms with Crippen molar-refractivity contribution in [2.75, 3.05) is 11.3 Å². The number of nitrogens with one attached hydrogen (secondary N) is 2. The van der Waals surface area contributed by atoms with E-state index in [-0.39, 0.29) is 22.8 Å². The molecule has 0 aromatic heterocycles. The van der Waals surface area contributed by atoms with Crippen molar-refractivity contribution in [2.24, 2.45) is 0 Å². The molecular weight excluding hydrogens is 391 g/mol. The van der Waals surface area contributed by atoms with Crippen LogP contribution in [0.15, 0.2) is 77.7 Å². The zero-order chi connectivity index (χ0) is 20.9. The van der Waals surface area contributed by atoms with E-state index in [4.69, 9.17) is 0 Å². The third kappa shape index (κ3) is 5.42. The van der Waals surface area contributed by atoms with E-state index in [1.165, 1.54) is 30.3 Å². The smallest absolute Gasteiger partial charge is 0.261 e. The summed E-state index contributed by atoms with van der Waals surface area (Å²) in [6.07, 6.45) is 0.339. The number of anilines is 1. The van der Waals surface area contributed by atoms with Gasteiger partial charge in [0.1, 0.15) is 5.82 Å². The Morgan fingerprint density at radius 3 is 2.41 bits per heavy atom. The molecule has 0 unspecified atom stereocenters. The SMILES string of the molecule is Cc1ccc(NS(=O)(=O)c2cccc(C(=O)NCCc3ccccc3F)c2)cc1. The Labute approximate surface area is 169 Å². The number of carbonyl (C=O) groups excluding carboxylic acids is 1. The highest BCUT2D eigenvalue weighted by atomic mass is 32.2. The molecule has 2 N–H and O–H groups in total. The Morgan fingerprint density at radius 1 is 0.966 bits per heavy atom. The van der Waals surface area contributed by atoms with Gasteiger partial charge in [0.05, 0.1) is 4.90 Å². The van der Waals surface area contributed by atoms with Gasteiger partial charge in [-0.25, -0.2) is 12.8 Å². The fourth-order valence-electron chi connectivity index (χ4n) is 2.75. The van der Waals surface area contributed by atoms with Crippen molar-refractivity contribution in [3.05, 3.63) is 95.3 Å². The van der Waals surface area contributed by atoms with Gasteiger partial charge < -0.3 is 5.32 Å². The molecule has 3 aromatic carbocycles. The summed E-state index contributed by atoms with van der Waals surface area (Å²) >= 11 is 0. The van der Waals surface area contributed by atoms with Crippen molar-refractivity contribution in [1.29, 1.82) is 0 Å². The van der Waals surface area contributed by atoms with Crippen molar-refractivity contribution in [3.63, 3.8) is 0 Å². The first-order chi connectivity index (χ1) is 13.8. The van der Waals surface area contributed by atoms with Gasteiger partial charge in [-0.3, -0.25) is 9.52 Å². The molecule has 0 aliphatic carbocycles. The van der Waals surface area contributed by atoms with Crippen LogP contribution in [0.4, 0.5) is 10.1 Å². The molecule has 0 atom stereocenters. The maximum absolute atomic E-state index is 13.6. The van der Waals surface area contributed by atoms with Crippen LogP contribution in [0.25, 0.3) is 0 Å². The lowest BCUT2D eigenvalue weighted by Gasteiger charge is -2.10. The fraction of sp³-hybridized carbons (Fsp3) is 0.136. The summed E-state index contributed by atoms with van der Waals surface area (Å²) < 4.78 is 41.4. The maximum atomic E-state index is 13.6. The van der Waals surface area contributed by atoms with E-state index >= 15 is 0 Å². The van der Waals surface area contributed by atoms with Gasteiger partial charge in [-0.2, -0.15) is 0 Å². The Kier molecular flexibility index (Phi) is 6.29. The lowest BCUT2D eigenvalue weighted by atomic mass is 10.1. The van der Waals surface area contributed by atoms with Gasteiger partial charge in [0, 0.05) is 17.8 Å². The fourth-order valence-corrected chi connectivity index (χ4v) is 3.86. The van der Waals surface area contributed by atoms with Crippen LogP contribution in [0.1, 0.15) is 21.5 Å². The van der Waals surface area contributed by atoms with Crippen molar-refractivity contribution in [3.8, 4) is 0 Å². The van der Waals surface area contributed by atoms with Crippen molar-refractivity contribution >= 4 is 21.6 Å². The molecule has 7 heteroatoms. The van der Waals surface area contributed by atoms with Crippen molar-refractivity contribution < 1.29 is 17.6 Å². The Morgan fingerprint density at radius 2 is 1.69 bits per heavy atom. The first-order valence-electron chi connectivity index (χ1n) is 9.06. The molecule has 0 aliphatic heterocycles. The molecule has 29 heavy (non-hydrogen) atoms. The number of benzene rings is 3. The second kappa shape index (κ2) is 8.87. The molecule has 3 rings (SSSR count). The molecule has 0 fully saturated rings. The summed E-state index contributed by atoms with van der Waals surface area (Å²) in [6, 6.07) is 19.1. The summed E-state index contributed by atoms with van der Waals surface area (Å²) in [5.74, 6) is -0.745. The quantitative estimate of drug-likeness (QED) is 0.618. The number of amides is 1. The average molecular weight is 412 g/mol. The molecule has 3 aromatic rings. The summed E-state index contributed by atoms with van der Waals surface area (Å²) in [7, 11) is -3.83. The summed E-state index contributed by atoms with van der Waals surface area (Å²) in [6.45, 7) is 2.14. The molecule has 1 amide bonds. The predicted molar refractivity (Wildman–Crippen MR) is 111 cm³/mol. The molecule has 0 bridgehead atoms. The highest BCUT2D eigenvalue weighted by Crippen LogP contribution is 2.18. The maximum Gasteiger partial charge on any atom is 0.261 e. The third-order valence-electron chi connectivity index (χ3n) is 4.35. The van der Waals surface area contributed by atoms with Crippen LogP contribution in [0.2, 0.25) is 0 Å². The molecule has 0 aliphatic rings. The normalized spacial score (nSPS) is 11.1. The minimum absolute atomic E-state index is 0.0140. The van der Waals surface area contributed by atoms with Crippen LogP contribution in [0.5, 0.6) is 0 Å². The van der Waals surface area contributed by atoms with Crippen LogP contribution in [-0.4, -0.2) is 20.9 Å². The van der Waals surface area contributed by atoms with Gasteiger partial charge in [0.15, 0.2) is 0 Å². The van der Waals surface area contributed by atoms with Gasteiger partial charge in [-0.1, -0.05) is 42.0 Å². The monoisotopic (exact) mass is 412 g/mol. The standard InChI is InChI=1S/C22H21FN2O3S/c1-16-9-11-19(12-10-16)25-29(27,28)20-7-4-6-18(15-20)22(26)24-14-13-17-5-2-3-8-21(17)23/h2-12,15,25H,13-14H2,1H3,(H,24,26). The van der Waals surface area contributed by atoms with Gasteiger partial charge in [0.25, 0.3) is 15.9 Å². The number of sulfonamides is 1. The molecule has 0 radical (unpaired) electrons. The molecule has 150 valence electrons. The van der Waals surface area contributed by atoms with E-state index in [0.717, 1.165) is 5.56 Å². The van der Waals surface area contributed by atoms with Gasteiger partial charge in [0.2, 0.25) is 0 Å². The highest BCUT2D eigenvalue weighted by Gasteiger charge is 2.16. The molecule has 0 heterocycles. The Hall–Kier alpha value is -3.19. The van der Waals surface area contributed by atoms with Crippen molar-refractivity contribution in [1.82, 2.24) is 5.32 Å². The number of rotatable bonds is 7. The molecule has 0 spiro atoms. The van der Waals surface area contributed by atoms with E-state index in [2.05, 4.69) is 10.0 Å². The molecule has 0 saturated heterocycles. The number of halogens is 1. The minimum atomic E-state index is -3.83. The second-order valence-electron chi connectivity index (χ2n) is 6.60. The van der Waals surface area contributed by atoms with Gasteiger partial charge >= 0.3 is 0 Å². The number of carbonyl (C=O) groups is 1. The third-order valence-corrected chi connectivity index (χ3v) is 5.73. The van der Waals surface area contributed by atoms with Crippen molar-refractivity contribution in [2.45, 2.75) is 18.2 Å². The molecule has 5 nitrogen and oxygen atoms in total. The van der Waals surface area contributed by atoms with E-state index in [1.54, 1.807) is 42.5 Å². The second-order valence-corrected chi connectivity index (χ2v) is 8.28.